The number of benzene rings is 1. The van der Waals surface area contributed by atoms with E-state index in [1.165, 1.54) is 14.2 Å². The number of hydrogen-bond donors (Lipinski definition) is 1. The molecular weight excluding hydrogens is 713 g/mol. The number of Topliss-reactive ketones (excluding diaryl/α,β-unsaturated/α-hetero) is 1. The Morgan fingerprint density at radius 3 is 2.00 bits per heavy atom. The van der Waals surface area contributed by atoms with Crippen LogP contribution in [0.15, 0.2) is 30.3 Å². The van der Waals surface area contributed by atoms with Crippen LogP contribution in [0, 0.1) is 29.6 Å². The lowest BCUT2D eigenvalue weighted by molar-refractivity contribution is -0.150. The van der Waals surface area contributed by atoms with E-state index in [-0.39, 0.29) is 78.6 Å². The average Bonchev–Trinajstić information content (AvgIpc) is 3.65. The van der Waals surface area contributed by atoms with Gasteiger partial charge >= 0.3 is 5.97 Å². The molecule has 1 heterocycles. The highest BCUT2D eigenvalue weighted by Gasteiger charge is 2.43. The van der Waals surface area contributed by atoms with Crippen molar-refractivity contribution < 1.29 is 38.2 Å². The number of carbonyl (C=O) groups is 5. The summed E-state index contributed by atoms with van der Waals surface area (Å²) >= 11 is 0. The third kappa shape index (κ3) is 12.8. The van der Waals surface area contributed by atoms with E-state index < -0.39 is 42.1 Å². The van der Waals surface area contributed by atoms with Crippen LogP contribution in [0.3, 0.4) is 0 Å². The predicted octanol–water partition coefficient (Wildman–Crippen LogP) is 5.40. The first-order valence-electron chi connectivity index (χ1n) is 20.6. The number of esters is 1. The van der Waals surface area contributed by atoms with Crippen LogP contribution in [0.5, 0.6) is 0 Å². The highest BCUT2D eigenvalue weighted by atomic mass is 16.5. The van der Waals surface area contributed by atoms with Crippen molar-refractivity contribution in [2.24, 2.45) is 29.6 Å². The van der Waals surface area contributed by atoms with Crippen molar-refractivity contribution in [1.82, 2.24) is 20.0 Å². The minimum Gasteiger partial charge on any atom is -0.467 e. The van der Waals surface area contributed by atoms with E-state index in [4.69, 9.17) is 14.2 Å². The van der Waals surface area contributed by atoms with Gasteiger partial charge in [0.25, 0.3) is 0 Å². The molecule has 1 aromatic carbocycles. The number of rotatable bonds is 23. The Labute approximate surface area is 337 Å². The molecule has 0 aliphatic carbocycles. The topological polar surface area (TPSA) is 135 Å². The molecule has 12 nitrogen and oxygen atoms in total. The second-order valence-electron chi connectivity index (χ2n) is 16.8. The normalized spacial score (nSPS) is 19.0. The molecular formula is C44H74N4O8. The molecule has 1 aliphatic heterocycles. The van der Waals surface area contributed by atoms with E-state index in [2.05, 4.69) is 37.9 Å². The molecule has 318 valence electrons. The summed E-state index contributed by atoms with van der Waals surface area (Å²) in [6.45, 7) is 18.5. The fourth-order valence-electron chi connectivity index (χ4n) is 8.39. The van der Waals surface area contributed by atoms with E-state index in [1.807, 2.05) is 65.1 Å². The van der Waals surface area contributed by atoms with Crippen molar-refractivity contribution in [3.8, 4) is 0 Å². The summed E-state index contributed by atoms with van der Waals surface area (Å²) in [7, 11) is 8.14. The predicted molar refractivity (Wildman–Crippen MR) is 220 cm³/mol. The maximum Gasteiger partial charge on any atom is 0.328 e. The Balaban J connectivity index is 2.30. The number of nitrogens with zero attached hydrogens (tertiary/aromatic N) is 3. The zero-order valence-electron chi connectivity index (χ0n) is 36.9. The zero-order chi connectivity index (χ0) is 42.4. The lowest BCUT2D eigenvalue weighted by atomic mass is 9.83. The summed E-state index contributed by atoms with van der Waals surface area (Å²) in [5.41, 5.74) is 0.880. The van der Waals surface area contributed by atoms with E-state index in [0.29, 0.717) is 13.0 Å². The molecule has 1 aromatic rings. The number of methoxy groups -OCH3 is 3. The molecule has 12 heteroatoms. The first-order valence-corrected chi connectivity index (χ1v) is 20.6. The number of nitrogens with one attached hydrogen (secondary N) is 1. The maximum atomic E-state index is 14.4. The van der Waals surface area contributed by atoms with Gasteiger partial charge in [-0.2, -0.15) is 0 Å². The number of carbonyl (C=O) groups excluding carboxylic acids is 5. The van der Waals surface area contributed by atoms with Gasteiger partial charge in [-0.15, -0.1) is 0 Å². The summed E-state index contributed by atoms with van der Waals surface area (Å²) in [5, 5.41) is 2.87. The first-order chi connectivity index (χ1) is 26.4. The molecule has 0 spiro atoms. The Morgan fingerprint density at radius 1 is 0.875 bits per heavy atom. The molecule has 0 bridgehead atoms. The van der Waals surface area contributed by atoms with Crippen LogP contribution in [0.4, 0.5) is 0 Å². The monoisotopic (exact) mass is 787 g/mol. The van der Waals surface area contributed by atoms with Gasteiger partial charge in [0.1, 0.15) is 6.04 Å². The fraction of sp³-hybridized carbons (Fsp3) is 0.750. The van der Waals surface area contributed by atoms with E-state index in [9.17, 15) is 24.0 Å². The lowest BCUT2D eigenvalue weighted by Gasteiger charge is -2.41. The maximum absolute atomic E-state index is 14.4. The summed E-state index contributed by atoms with van der Waals surface area (Å²) in [6, 6.07) is 7.58. The van der Waals surface area contributed by atoms with Crippen LogP contribution in [0.1, 0.15) is 100.0 Å². The van der Waals surface area contributed by atoms with Crippen LogP contribution in [0.25, 0.3) is 0 Å². The van der Waals surface area contributed by atoms with Crippen molar-refractivity contribution in [3.63, 3.8) is 0 Å². The van der Waals surface area contributed by atoms with Gasteiger partial charge in [-0.25, -0.2) is 4.79 Å². The third-order valence-corrected chi connectivity index (χ3v) is 12.1. The molecule has 1 fully saturated rings. The standard InChI is InChI=1S/C44H74N4O8/c1-15-30(8)40(47(11)43(52)33(27(2)3)25-36(49)39(28(4)5)46(10)29(6)7)37(54-12)26-38(50)48-23-19-22-35(48)41(55-13)31(9)42(51)45-34(44(53)56-14)24-32-20-17-16-18-21-32/h16-18,20-21,27-31,33-35,37,39-41H,15,19,22-26H2,1-14H3,(H,45,51)/t30-,31+,33-,34?,35-,37+,39-,40-,41+/m0/s1. The van der Waals surface area contributed by atoms with Gasteiger partial charge in [-0.05, 0) is 57.1 Å². The minimum atomic E-state index is -0.887. The van der Waals surface area contributed by atoms with E-state index in [0.717, 1.165) is 18.4 Å². The van der Waals surface area contributed by atoms with Gasteiger partial charge in [0.2, 0.25) is 17.7 Å². The lowest BCUT2D eigenvalue weighted by Crippen LogP contribution is -2.55. The Hall–Kier alpha value is -3.35. The third-order valence-electron chi connectivity index (χ3n) is 12.1. The van der Waals surface area contributed by atoms with Crippen LogP contribution < -0.4 is 5.32 Å². The highest BCUT2D eigenvalue weighted by molar-refractivity contribution is 5.90. The SMILES string of the molecule is CC[C@H](C)[C@@H]([C@@H](CC(=O)N1CCC[C@H]1[C@H](OC)[C@@H](C)C(=O)NC(Cc1ccccc1)C(=O)OC)OC)N(C)C(=O)[C@@H](CC(=O)[C@H](C(C)C)N(C)C(C)C)C(C)C. The Morgan fingerprint density at radius 2 is 1.50 bits per heavy atom. The molecule has 56 heavy (non-hydrogen) atoms. The molecule has 1 aliphatic rings. The van der Waals surface area contributed by atoms with Gasteiger partial charge in [0.05, 0.1) is 49.8 Å². The Bertz CT molecular complexity index is 1400. The molecule has 1 unspecified atom stereocenters. The Kier molecular flexibility index (Phi) is 20.2. The molecule has 3 amide bonds. The van der Waals surface area contributed by atoms with Gasteiger partial charge in [-0.1, -0.05) is 85.2 Å². The highest BCUT2D eigenvalue weighted by Crippen LogP contribution is 2.31. The molecule has 0 radical (unpaired) electrons. The summed E-state index contributed by atoms with van der Waals surface area (Å²) in [6.07, 6.45) is 1.30. The smallest absolute Gasteiger partial charge is 0.328 e. The molecule has 1 saturated heterocycles. The van der Waals surface area contributed by atoms with E-state index >= 15 is 0 Å². The van der Waals surface area contributed by atoms with Crippen molar-refractivity contribution in [2.45, 2.75) is 143 Å². The molecule has 9 atom stereocenters. The van der Waals surface area contributed by atoms with E-state index in [1.54, 1.807) is 30.9 Å². The van der Waals surface area contributed by atoms with Crippen LogP contribution in [0.2, 0.25) is 0 Å². The number of hydrogen-bond acceptors (Lipinski definition) is 9. The van der Waals surface area contributed by atoms with Crippen molar-refractivity contribution in [2.75, 3.05) is 42.0 Å². The zero-order valence-corrected chi connectivity index (χ0v) is 36.9. The molecule has 2 rings (SSSR count). The van der Waals surface area contributed by atoms with Gasteiger partial charge < -0.3 is 29.3 Å². The van der Waals surface area contributed by atoms with Gasteiger partial charge in [-0.3, -0.25) is 24.1 Å². The quantitative estimate of drug-likeness (QED) is 0.145. The van der Waals surface area contributed by atoms with Crippen LogP contribution in [-0.2, 0) is 44.6 Å². The first kappa shape index (κ1) is 48.8. The van der Waals surface area contributed by atoms with Crippen molar-refractivity contribution in [3.05, 3.63) is 35.9 Å². The van der Waals surface area contributed by atoms with Crippen LogP contribution >= 0.6 is 0 Å². The van der Waals surface area contributed by atoms with Gasteiger partial charge in [0, 0.05) is 52.6 Å². The average molecular weight is 787 g/mol. The summed E-state index contributed by atoms with van der Waals surface area (Å²) in [4.78, 5) is 74.5. The van der Waals surface area contributed by atoms with Gasteiger partial charge in [0.15, 0.2) is 5.78 Å². The second kappa shape index (κ2) is 23.2. The largest absolute Gasteiger partial charge is 0.467 e. The van der Waals surface area contributed by atoms with Crippen LogP contribution in [-0.4, -0.2) is 129 Å². The number of likely N-dealkylation sites (tertiary alicyclic amines) is 1. The summed E-state index contributed by atoms with van der Waals surface area (Å²) in [5.74, 6) is -2.35. The molecule has 0 aromatic heterocycles. The number of ketones is 1. The second-order valence-corrected chi connectivity index (χ2v) is 16.8. The minimum absolute atomic E-state index is 0.0100. The van der Waals surface area contributed by atoms with Crippen molar-refractivity contribution in [1.29, 1.82) is 0 Å². The number of ether oxygens (including phenoxy) is 3. The number of likely N-dealkylation sites (N-methyl/N-ethyl adjacent to an activating group) is 2. The van der Waals surface area contributed by atoms with Crippen molar-refractivity contribution >= 4 is 29.5 Å². The number of amides is 3. The molecule has 1 N–H and O–H groups in total. The summed E-state index contributed by atoms with van der Waals surface area (Å²) < 4.78 is 17.0. The fourth-order valence-corrected chi connectivity index (χ4v) is 8.39. The molecule has 0 saturated carbocycles.